The molecule has 1 aliphatic rings. The second kappa shape index (κ2) is 4.49. The van der Waals surface area contributed by atoms with Gasteiger partial charge in [0.2, 0.25) is 5.91 Å². The summed E-state index contributed by atoms with van der Waals surface area (Å²) in [6.07, 6.45) is 1.96. The Hall–Kier alpha value is -0.620. The van der Waals surface area contributed by atoms with Crippen molar-refractivity contribution in [2.45, 2.75) is 18.9 Å². The van der Waals surface area contributed by atoms with Crippen molar-refractivity contribution in [2.75, 3.05) is 18.5 Å². The molecule has 1 atom stereocenters. The van der Waals surface area contributed by atoms with E-state index in [9.17, 15) is 4.79 Å². The summed E-state index contributed by atoms with van der Waals surface area (Å²) in [5, 5.41) is 5.56. The fourth-order valence-electron chi connectivity index (χ4n) is 1.81. The lowest BCUT2D eigenvalue weighted by molar-refractivity contribution is -0.121. The second-order valence-corrected chi connectivity index (χ2v) is 5.07. The first-order valence-electron chi connectivity index (χ1n) is 4.81. The van der Waals surface area contributed by atoms with Crippen LogP contribution >= 0.6 is 27.3 Å². The number of halogens is 1. The lowest BCUT2D eigenvalue weighted by atomic mass is 10.2. The first-order chi connectivity index (χ1) is 7.22. The zero-order valence-corrected chi connectivity index (χ0v) is 10.8. The van der Waals surface area contributed by atoms with E-state index in [1.54, 1.807) is 18.4 Å². The van der Waals surface area contributed by atoms with Crippen LogP contribution in [0.1, 0.15) is 12.8 Å². The van der Waals surface area contributed by atoms with E-state index in [0.29, 0.717) is 0 Å². The third-order valence-electron chi connectivity index (χ3n) is 2.51. The molecular weight excluding hydrogens is 278 g/mol. The largest absolute Gasteiger partial charge is 0.357 e. The zero-order chi connectivity index (χ0) is 10.8. The molecule has 1 N–H and O–H groups in total. The highest BCUT2D eigenvalue weighted by molar-refractivity contribution is 9.10. The van der Waals surface area contributed by atoms with Gasteiger partial charge >= 0.3 is 0 Å². The molecule has 1 aromatic heterocycles. The van der Waals surface area contributed by atoms with Crippen molar-refractivity contribution in [2.24, 2.45) is 0 Å². The van der Waals surface area contributed by atoms with Gasteiger partial charge in [0.1, 0.15) is 10.6 Å². The minimum atomic E-state index is -0.0481. The molecule has 1 aliphatic heterocycles. The van der Waals surface area contributed by atoms with E-state index in [1.807, 2.05) is 5.38 Å². The molecule has 1 unspecified atom stereocenters. The van der Waals surface area contributed by atoms with E-state index in [4.69, 9.17) is 0 Å². The summed E-state index contributed by atoms with van der Waals surface area (Å²) in [5.74, 6) is 0.0822. The molecule has 1 aromatic rings. The minimum absolute atomic E-state index is 0.0481. The molecule has 0 spiro atoms. The van der Waals surface area contributed by atoms with Crippen molar-refractivity contribution in [1.82, 2.24) is 10.3 Å². The Morgan fingerprint density at radius 2 is 2.60 bits per heavy atom. The van der Waals surface area contributed by atoms with Gasteiger partial charge in [0.15, 0.2) is 5.13 Å². The molecule has 0 aliphatic carbocycles. The molecule has 1 amide bonds. The maximum Gasteiger partial charge on any atom is 0.242 e. The highest BCUT2D eigenvalue weighted by Gasteiger charge is 2.31. The topological polar surface area (TPSA) is 45.2 Å². The van der Waals surface area contributed by atoms with E-state index in [0.717, 1.165) is 29.1 Å². The van der Waals surface area contributed by atoms with Crippen LogP contribution in [0.3, 0.4) is 0 Å². The molecular formula is C9H12BrN3OS. The molecule has 4 nitrogen and oxygen atoms in total. The van der Waals surface area contributed by atoms with Gasteiger partial charge in [-0.15, -0.1) is 11.3 Å². The van der Waals surface area contributed by atoms with E-state index in [-0.39, 0.29) is 11.9 Å². The van der Waals surface area contributed by atoms with Crippen molar-refractivity contribution in [3.63, 3.8) is 0 Å². The summed E-state index contributed by atoms with van der Waals surface area (Å²) in [6.45, 7) is 0.915. The van der Waals surface area contributed by atoms with E-state index < -0.39 is 0 Å². The number of hydrogen-bond acceptors (Lipinski definition) is 4. The number of aromatic nitrogens is 1. The molecule has 1 saturated heterocycles. The summed E-state index contributed by atoms with van der Waals surface area (Å²) in [4.78, 5) is 18.0. The fourth-order valence-corrected chi connectivity index (χ4v) is 3.14. The SMILES string of the molecule is CNC(=O)C1CCCN1c1nc(Br)cs1. The molecule has 15 heavy (non-hydrogen) atoms. The molecule has 1 fully saturated rings. The van der Waals surface area contributed by atoms with Crippen molar-refractivity contribution < 1.29 is 4.79 Å². The number of thiazole rings is 1. The predicted molar refractivity (Wildman–Crippen MR) is 64.2 cm³/mol. The van der Waals surface area contributed by atoms with Gasteiger partial charge in [0, 0.05) is 19.0 Å². The number of carbonyl (C=O) groups is 1. The van der Waals surface area contributed by atoms with Crippen LogP contribution in [0.25, 0.3) is 0 Å². The molecule has 0 aromatic carbocycles. The Bertz CT molecular complexity index is 368. The number of likely N-dealkylation sites (N-methyl/N-ethyl adjacent to an activating group) is 1. The van der Waals surface area contributed by atoms with Crippen molar-refractivity contribution in [3.8, 4) is 0 Å². The number of rotatable bonds is 2. The van der Waals surface area contributed by atoms with Gasteiger partial charge in [-0.3, -0.25) is 4.79 Å². The Balaban J connectivity index is 2.18. The Morgan fingerprint density at radius 3 is 3.20 bits per heavy atom. The standard InChI is InChI=1S/C9H12BrN3OS/c1-11-8(14)6-3-2-4-13(6)9-12-7(10)5-15-9/h5-6H,2-4H2,1H3,(H,11,14). The number of carbonyl (C=O) groups excluding carboxylic acids is 1. The molecule has 6 heteroatoms. The van der Waals surface area contributed by atoms with Crippen LogP contribution in [0, 0.1) is 0 Å². The van der Waals surface area contributed by atoms with Gasteiger partial charge in [-0.1, -0.05) is 0 Å². The monoisotopic (exact) mass is 289 g/mol. The van der Waals surface area contributed by atoms with Crippen LogP contribution in [-0.4, -0.2) is 30.5 Å². The highest BCUT2D eigenvalue weighted by atomic mass is 79.9. The van der Waals surface area contributed by atoms with E-state index in [1.165, 1.54) is 0 Å². The minimum Gasteiger partial charge on any atom is -0.357 e. The van der Waals surface area contributed by atoms with Crippen LogP contribution in [-0.2, 0) is 4.79 Å². The molecule has 0 bridgehead atoms. The summed E-state index contributed by atoms with van der Waals surface area (Å²) < 4.78 is 0.838. The predicted octanol–water partition coefficient (Wildman–Crippen LogP) is 1.62. The second-order valence-electron chi connectivity index (χ2n) is 3.42. The Labute approximate surface area is 101 Å². The van der Waals surface area contributed by atoms with E-state index >= 15 is 0 Å². The normalized spacial score (nSPS) is 20.7. The van der Waals surface area contributed by atoms with Gasteiger partial charge < -0.3 is 10.2 Å². The highest BCUT2D eigenvalue weighted by Crippen LogP contribution is 2.30. The first-order valence-corrected chi connectivity index (χ1v) is 6.49. The fraction of sp³-hybridized carbons (Fsp3) is 0.556. The van der Waals surface area contributed by atoms with Gasteiger partial charge in [0.05, 0.1) is 0 Å². The van der Waals surface area contributed by atoms with Crippen molar-refractivity contribution in [3.05, 3.63) is 9.98 Å². The average molecular weight is 290 g/mol. The number of anilines is 1. The Kier molecular flexibility index (Phi) is 3.25. The maximum absolute atomic E-state index is 11.6. The summed E-state index contributed by atoms with van der Waals surface area (Å²) >= 11 is 4.89. The van der Waals surface area contributed by atoms with Crippen molar-refractivity contribution >= 4 is 38.3 Å². The lowest BCUT2D eigenvalue weighted by Crippen LogP contribution is -2.41. The number of amides is 1. The lowest BCUT2D eigenvalue weighted by Gasteiger charge is -2.22. The average Bonchev–Trinajstić information content (AvgIpc) is 2.84. The van der Waals surface area contributed by atoms with Crippen LogP contribution in [0.5, 0.6) is 0 Å². The Morgan fingerprint density at radius 1 is 1.80 bits per heavy atom. The van der Waals surface area contributed by atoms with Crippen LogP contribution < -0.4 is 10.2 Å². The number of nitrogens with zero attached hydrogens (tertiary/aromatic N) is 2. The van der Waals surface area contributed by atoms with Gasteiger partial charge in [-0.2, -0.15) is 0 Å². The number of hydrogen-bond donors (Lipinski definition) is 1. The summed E-state index contributed by atoms with van der Waals surface area (Å²) in [6, 6.07) is -0.0481. The van der Waals surface area contributed by atoms with Gasteiger partial charge in [-0.25, -0.2) is 4.98 Å². The van der Waals surface area contributed by atoms with Gasteiger partial charge in [-0.05, 0) is 28.8 Å². The van der Waals surface area contributed by atoms with Crippen LogP contribution in [0.15, 0.2) is 9.98 Å². The number of nitrogens with one attached hydrogen (secondary N) is 1. The van der Waals surface area contributed by atoms with E-state index in [2.05, 4.69) is 31.1 Å². The third kappa shape index (κ3) is 2.15. The molecule has 0 saturated carbocycles. The van der Waals surface area contributed by atoms with Crippen molar-refractivity contribution in [1.29, 1.82) is 0 Å². The first kappa shape index (κ1) is 10.9. The smallest absolute Gasteiger partial charge is 0.242 e. The molecule has 2 heterocycles. The summed E-state index contributed by atoms with van der Waals surface area (Å²) in [5.41, 5.74) is 0. The maximum atomic E-state index is 11.6. The molecule has 0 radical (unpaired) electrons. The quantitative estimate of drug-likeness (QED) is 0.900. The molecule has 2 rings (SSSR count). The zero-order valence-electron chi connectivity index (χ0n) is 8.36. The van der Waals surface area contributed by atoms with Gasteiger partial charge in [0.25, 0.3) is 0 Å². The van der Waals surface area contributed by atoms with Crippen LogP contribution in [0.4, 0.5) is 5.13 Å². The summed E-state index contributed by atoms with van der Waals surface area (Å²) in [7, 11) is 1.68. The van der Waals surface area contributed by atoms with Crippen LogP contribution in [0.2, 0.25) is 0 Å². The molecule has 82 valence electrons. The third-order valence-corrected chi connectivity index (χ3v) is 4.10.